The first kappa shape index (κ1) is 11.6. The van der Waals surface area contributed by atoms with Crippen molar-refractivity contribution in [1.82, 2.24) is 4.98 Å². The van der Waals surface area contributed by atoms with E-state index in [1.807, 2.05) is 36.4 Å². The molecule has 0 fully saturated rings. The molecule has 0 unspecified atom stereocenters. The Morgan fingerprint density at radius 3 is 2.71 bits per heavy atom. The molecule has 2 rings (SSSR count). The normalized spacial score (nSPS) is 9.65. The van der Waals surface area contributed by atoms with E-state index in [0.717, 1.165) is 15.8 Å². The van der Waals surface area contributed by atoms with Crippen LogP contribution in [-0.4, -0.2) is 4.98 Å². The number of halogens is 1. The van der Waals surface area contributed by atoms with E-state index in [2.05, 4.69) is 20.9 Å². The maximum absolute atomic E-state index is 8.72. The summed E-state index contributed by atoms with van der Waals surface area (Å²) in [4.78, 5) is 3.90. The SMILES string of the molecule is N#Cc1cc(COc2ccc(Br)cc2)ccn1. The van der Waals surface area contributed by atoms with Crippen molar-refractivity contribution in [2.24, 2.45) is 0 Å². The van der Waals surface area contributed by atoms with Gasteiger partial charge in [-0.3, -0.25) is 0 Å². The van der Waals surface area contributed by atoms with Gasteiger partial charge in [0.05, 0.1) is 0 Å². The number of nitrogens with zero attached hydrogens (tertiary/aromatic N) is 2. The number of hydrogen-bond acceptors (Lipinski definition) is 3. The molecule has 0 spiro atoms. The molecule has 0 atom stereocenters. The number of nitriles is 1. The van der Waals surface area contributed by atoms with Gasteiger partial charge in [0.15, 0.2) is 0 Å². The lowest BCUT2D eigenvalue weighted by Gasteiger charge is -2.06. The smallest absolute Gasteiger partial charge is 0.140 e. The van der Waals surface area contributed by atoms with Crippen LogP contribution in [0.1, 0.15) is 11.3 Å². The Morgan fingerprint density at radius 1 is 1.24 bits per heavy atom. The Morgan fingerprint density at radius 2 is 2.00 bits per heavy atom. The van der Waals surface area contributed by atoms with Gasteiger partial charge in [0.2, 0.25) is 0 Å². The lowest BCUT2D eigenvalue weighted by atomic mass is 10.2. The van der Waals surface area contributed by atoms with Crippen LogP contribution in [0.4, 0.5) is 0 Å². The van der Waals surface area contributed by atoms with Crippen LogP contribution in [0, 0.1) is 11.3 Å². The molecule has 84 valence electrons. The van der Waals surface area contributed by atoms with Crippen molar-refractivity contribution < 1.29 is 4.74 Å². The van der Waals surface area contributed by atoms with Gasteiger partial charge in [-0.1, -0.05) is 15.9 Å². The van der Waals surface area contributed by atoms with Crippen molar-refractivity contribution in [3.05, 3.63) is 58.3 Å². The lowest BCUT2D eigenvalue weighted by molar-refractivity contribution is 0.306. The number of benzene rings is 1. The predicted molar refractivity (Wildman–Crippen MR) is 67.4 cm³/mol. The number of hydrogen-bond donors (Lipinski definition) is 0. The van der Waals surface area contributed by atoms with Gasteiger partial charge in [0.25, 0.3) is 0 Å². The van der Waals surface area contributed by atoms with Crippen LogP contribution >= 0.6 is 15.9 Å². The number of ether oxygens (including phenoxy) is 1. The average Bonchev–Trinajstić information content (AvgIpc) is 2.38. The van der Waals surface area contributed by atoms with E-state index in [4.69, 9.17) is 10.00 Å². The highest BCUT2D eigenvalue weighted by Crippen LogP contribution is 2.17. The summed E-state index contributed by atoms with van der Waals surface area (Å²) in [7, 11) is 0. The van der Waals surface area contributed by atoms with E-state index in [1.165, 1.54) is 0 Å². The molecule has 1 aromatic heterocycles. The van der Waals surface area contributed by atoms with Gasteiger partial charge in [-0.2, -0.15) is 5.26 Å². The van der Waals surface area contributed by atoms with Crippen LogP contribution in [0.5, 0.6) is 5.75 Å². The average molecular weight is 289 g/mol. The summed E-state index contributed by atoms with van der Waals surface area (Å²) in [5, 5.41) is 8.72. The molecule has 4 heteroatoms. The maximum atomic E-state index is 8.72. The third-order valence-corrected chi connectivity index (χ3v) is 2.69. The van der Waals surface area contributed by atoms with Gasteiger partial charge in [0, 0.05) is 10.7 Å². The molecule has 0 saturated carbocycles. The molecule has 0 saturated heterocycles. The van der Waals surface area contributed by atoms with Gasteiger partial charge < -0.3 is 4.74 Å². The van der Waals surface area contributed by atoms with Crippen molar-refractivity contribution in [2.75, 3.05) is 0 Å². The first-order chi connectivity index (χ1) is 8.28. The Balaban J connectivity index is 2.02. The Hall–Kier alpha value is -1.86. The Bertz CT molecular complexity index is 546. The molecule has 0 aliphatic carbocycles. The van der Waals surface area contributed by atoms with Gasteiger partial charge in [-0.05, 0) is 42.0 Å². The fourth-order valence-electron chi connectivity index (χ4n) is 1.32. The fraction of sp³-hybridized carbons (Fsp3) is 0.0769. The summed E-state index contributed by atoms with van der Waals surface area (Å²) in [6, 6.07) is 13.2. The minimum atomic E-state index is 0.405. The third-order valence-electron chi connectivity index (χ3n) is 2.16. The summed E-state index contributed by atoms with van der Waals surface area (Å²) in [6.45, 7) is 0.429. The van der Waals surface area contributed by atoms with Crippen molar-refractivity contribution in [3.8, 4) is 11.8 Å². The second-order valence-corrected chi connectivity index (χ2v) is 4.32. The number of aromatic nitrogens is 1. The minimum absolute atomic E-state index is 0.405. The fourth-order valence-corrected chi connectivity index (χ4v) is 1.59. The number of rotatable bonds is 3. The van der Waals surface area contributed by atoms with Gasteiger partial charge in [-0.25, -0.2) is 4.98 Å². The summed E-state index contributed by atoms with van der Waals surface area (Å²) >= 11 is 3.36. The quantitative estimate of drug-likeness (QED) is 0.871. The highest BCUT2D eigenvalue weighted by molar-refractivity contribution is 9.10. The van der Waals surface area contributed by atoms with E-state index in [0.29, 0.717) is 12.3 Å². The van der Waals surface area contributed by atoms with Crippen LogP contribution in [0.25, 0.3) is 0 Å². The summed E-state index contributed by atoms with van der Waals surface area (Å²) in [5.41, 5.74) is 1.33. The zero-order valence-corrected chi connectivity index (χ0v) is 10.5. The topological polar surface area (TPSA) is 45.9 Å². The van der Waals surface area contributed by atoms with Crippen molar-refractivity contribution >= 4 is 15.9 Å². The van der Waals surface area contributed by atoms with E-state index >= 15 is 0 Å². The standard InChI is InChI=1S/C13H9BrN2O/c14-11-1-3-13(4-2-11)17-9-10-5-6-16-12(7-10)8-15/h1-7H,9H2. The molecule has 3 nitrogen and oxygen atoms in total. The van der Waals surface area contributed by atoms with Crippen LogP contribution in [0.15, 0.2) is 47.1 Å². The molecular weight excluding hydrogens is 280 g/mol. The molecule has 0 amide bonds. The molecule has 2 aromatic rings. The first-order valence-corrected chi connectivity index (χ1v) is 5.80. The third kappa shape index (κ3) is 3.30. The van der Waals surface area contributed by atoms with Crippen LogP contribution in [0.3, 0.4) is 0 Å². The van der Waals surface area contributed by atoms with Crippen molar-refractivity contribution in [1.29, 1.82) is 5.26 Å². The molecule has 0 N–H and O–H groups in total. The monoisotopic (exact) mass is 288 g/mol. The predicted octanol–water partition coefficient (Wildman–Crippen LogP) is 3.29. The molecular formula is C13H9BrN2O. The second-order valence-electron chi connectivity index (χ2n) is 3.40. The molecule has 1 aromatic carbocycles. The van der Waals surface area contributed by atoms with Crippen LogP contribution in [0.2, 0.25) is 0 Å². The largest absolute Gasteiger partial charge is 0.489 e. The first-order valence-electron chi connectivity index (χ1n) is 5.01. The van der Waals surface area contributed by atoms with Gasteiger partial charge in [0.1, 0.15) is 24.1 Å². The van der Waals surface area contributed by atoms with E-state index in [9.17, 15) is 0 Å². The van der Waals surface area contributed by atoms with Gasteiger partial charge >= 0.3 is 0 Å². The van der Waals surface area contributed by atoms with E-state index in [1.54, 1.807) is 12.3 Å². The molecule has 0 radical (unpaired) electrons. The molecule has 17 heavy (non-hydrogen) atoms. The van der Waals surface area contributed by atoms with Crippen LogP contribution < -0.4 is 4.74 Å². The van der Waals surface area contributed by atoms with Crippen LogP contribution in [-0.2, 0) is 6.61 Å². The van der Waals surface area contributed by atoms with Gasteiger partial charge in [-0.15, -0.1) is 0 Å². The van der Waals surface area contributed by atoms with Crippen molar-refractivity contribution in [3.63, 3.8) is 0 Å². The van der Waals surface area contributed by atoms with E-state index < -0.39 is 0 Å². The maximum Gasteiger partial charge on any atom is 0.140 e. The molecule has 0 aliphatic rings. The second kappa shape index (κ2) is 5.46. The zero-order valence-electron chi connectivity index (χ0n) is 8.93. The number of pyridine rings is 1. The summed E-state index contributed by atoms with van der Waals surface area (Å²) in [5.74, 6) is 0.795. The minimum Gasteiger partial charge on any atom is -0.489 e. The summed E-state index contributed by atoms with van der Waals surface area (Å²) in [6.07, 6.45) is 1.61. The lowest BCUT2D eigenvalue weighted by Crippen LogP contribution is -1.96. The zero-order chi connectivity index (χ0) is 12.1. The molecule has 1 heterocycles. The molecule has 0 bridgehead atoms. The van der Waals surface area contributed by atoms with Crippen molar-refractivity contribution in [2.45, 2.75) is 6.61 Å². The Labute approximate surface area is 108 Å². The highest BCUT2D eigenvalue weighted by atomic mass is 79.9. The Kier molecular flexibility index (Phi) is 3.73. The summed E-state index contributed by atoms with van der Waals surface area (Å²) < 4.78 is 6.60. The van der Waals surface area contributed by atoms with E-state index in [-0.39, 0.29) is 0 Å². The molecule has 0 aliphatic heterocycles. The highest BCUT2D eigenvalue weighted by Gasteiger charge is 1.98.